The zero-order valence-electron chi connectivity index (χ0n) is 18.9. The standard InChI is InChI=1S/C21H27N2O9P/c1-15-14-22(21(27)23(17(15)24)18(25)16-10-6-5-7-11-16)12-8-9-13-32-20(19(26)29-2)33(28,30-3)31-4/h5-7,10-11,14,20H,8-9,12-13H2,1-4H3. The summed E-state index contributed by atoms with van der Waals surface area (Å²) < 4.78 is 34.0. The van der Waals surface area contributed by atoms with E-state index in [-0.39, 0.29) is 24.3 Å². The van der Waals surface area contributed by atoms with Crippen LogP contribution in [0.2, 0.25) is 0 Å². The molecule has 1 unspecified atom stereocenters. The summed E-state index contributed by atoms with van der Waals surface area (Å²) in [5.74, 6) is -3.16. The van der Waals surface area contributed by atoms with Crippen LogP contribution in [0.1, 0.15) is 28.8 Å². The fraction of sp³-hybridized carbons (Fsp3) is 0.429. The number of aromatic nitrogens is 2. The van der Waals surface area contributed by atoms with E-state index in [0.717, 1.165) is 21.3 Å². The van der Waals surface area contributed by atoms with Crippen LogP contribution in [0.15, 0.2) is 46.1 Å². The van der Waals surface area contributed by atoms with Gasteiger partial charge in [0.1, 0.15) is 0 Å². The number of ether oxygens (including phenoxy) is 2. The minimum absolute atomic E-state index is 0.00715. The lowest BCUT2D eigenvalue weighted by Gasteiger charge is -2.22. The van der Waals surface area contributed by atoms with Crippen molar-refractivity contribution >= 4 is 19.5 Å². The molecular weight excluding hydrogens is 455 g/mol. The Balaban J connectivity index is 2.10. The van der Waals surface area contributed by atoms with Gasteiger partial charge < -0.3 is 18.5 Å². The first-order valence-electron chi connectivity index (χ1n) is 10.0. The SMILES string of the molecule is COC(=O)C(OCCCCn1cc(C)c(=O)n(C(=O)c2ccccc2)c1=O)P(=O)(OC)OC. The van der Waals surface area contributed by atoms with E-state index in [9.17, 15) is 23.7 Å². The van der Waals surface area contributed by atoms with Gasteiger partial charge in [0.15, 0.2) is 0 Å². The summed E-state index contributed by atoms with van der Waals surface area (Å²) >= 11 is 0. The first-order valence-corrected chi connectivity index (χ1v) is 11.6. The first-order chi connectivity index (χ1) is 15.7. The van der Waals surface area contributed by atoms with Gasteiger partial charge in [-0.3, -0.25) is 18.7 Å². The number of carbonyl (C=O) groups is 2. The Morgan fingerprint density at radius 3 is 2.24 bits per heavy atom. The number of rotatable bonds is 11. The van der Waals surface area contributed by atoms with E-state index in [4.69, 9.17) is 13.8 Å². The number of methoxy groups -OCH3 is 1. The fourth-order valence-electron chi connectivity index (χ4n) is 3.02. The number of nitrogens with zero attached hydrogens (tertiary/aromatic N) is 2. The molecule has 0 saturated carbocycles. The molecule has 33 heavy (non-hydrogen) atoms. The third-order valence-corrected chi connectivity index (χ3v) is 6.77. The molecule has 0 aliphatic heterocycles. The minimum atomic E-state index is -3.86. The number of hydrogen-bond donors (Lipinski definition) is 0. The van der Waals surface area contributed by atoms with E-state index >= 15 is 0 Å². The largest absolute Gasteiger partial charge is 0.467 e. The Labute approximate surface area is 190 Å². The Bertz CT molecular complexity index is 1130. The molecule has 180 valence electrons. The smallest absolute Gasteiger partial charge is 0.370 e. The Morgan fingerprint density at radius 1 is 1.03 bits per heavy atom. The molecule has 2 rings (SSSR count). The topological polar surface area (TPSA) is 132 Å². The van der Waals surface area contributed by atoms with Gasteiger partial charge in [-0.1, -0.05) is 18.2 Å². The fourth-order valence-corrected chi connectivity index (χ4v) is 4.20. The van der Waals surface area contributed by atoms with Crippen LogP contribution in [0.3, 0.4) is 0 Å². The lowest BCUT2D eigenvalue weighted by atomic mass is 10.2. The van der Waals surface area contributed by atoms with Crippen molar-refractivity contribution in [2.75, 3.05) is 27.9 Å². The summed E-state index contributed by atoms with van der Waals surface area (Å²) in [6.07, 6.45) is 2.15. The average molecular weight is 482 g/mol. The van der Waals surface area contributed by atoms with Crippen molar-refractivity contribution in [2.24, 2.45) is 0 Å². The second-order valence-corrected chi connectivity index (χ2v) is 9.24. The zero-order valence-corrected chi connectivity index (χ0v) is 19.8. The van der Waals surface area contributed by atoms with Gasteiger partial charge in [0.2, 0.25) is 0 Å². The van der Waals surface area contributed by atoms with Crippen molar-refractivity contribution in [3.05, 3.63) is 68.5 Å². The number of esters is 1. The maximum atomic E-state index is 12.8. The maximum Gasteiger partial charge on any atom is 0.370 e. The number of aryl methyl sites for hydroxylation is 2. The Morgan fingerprint density at radius 2 is 1.67 bits per heavy atom. The molecule has 12 heteroatoms. The maximum absolute atomic E-state index is 12.8. The van der Waals surface area contributed by atoms with Crippen molar-refractivity contribution in [3.63, 3.8) is 0 Å². The van der Waals surface area contributed by atoms with Gasteiger partial charge >= 0.3 is 19.3 Å². The minimum Gasteiger partial charge on any atom is -0.467 e. The van der Waals surface area contributed by atoms with Crippen molar-refractivity contribution in [1.82, 2.24) is 9.13 Å². The Kier molecular flexibility index (Phi) is 9.48. The predicted molar refractivity (Wildman–Crippen MR) is 118 cm³/mol. The highest BCUT2D eigenvalue weighted by Crippen LogP contribution is 2.52. The monoisotopic (exact) mass is 482 g/mol. The van der Waals surface area contributed by atoms with E-state index in [2.05, 4.69) is 4.74 Å². The van der Waals surface area contributed by atoms with E-state index < -0.39 is 36.6 Å². The van der Waals surface area contributed by atoms with Crippen LogP contribution in [0.25, 0.3) is 0 Å². The summed E-state index contributed by atoms with van der Waals surface area (Å²) in [6, 6.07) is 8.04. The Hall–Kier alpha value is -2.85. The summed E-state index contributed by atoms with van der Waals surface area (Å²) in [6.45, 7) is 1.69. The van der Waals surface area contributed by atoms with E-state index in [0.29, 0.717) is 17.4 Å². The number of carbonyl (C=O) groups excluding carboxylic acids is 2. The van der Waals surface area contributed by atoms with Gasteiger partial charge in [-0.15, -0.1) is 0 Å². The molecule has 1 aromatic carbocycles. The highest BCUT2D eigenvalue weighted by atomic mass is 31.2. The lowest BCUT2D eigenvalue weighted by molar-refractivity contribution is -0.149. The quantitative estimate of drug-likeness (QED) is 0.267. The first kappa shape index (κ1) is 26.4. The van der Waals surface area contributed by atoms with Crippen molar-refractivity contribution < 1.29 is 32.7 Å². The molecule has 1 aromatic heterocycles. The van der Waals surface area contributed by atoms with Crippen LogP contribution in [-0.4, -0.2) is 54.8 Å². The van der Waals surface area contributed by atoms with Crippen LogP contribution in [0.4, 0.5) is 0 Å². The summed E-state index contributed by atoms with van der Waals surface area (Å²) in [4.78, 5) is 49.9. The second kappa shape index (κ2) is 11.9. The number of unbranched alkanes of at least 4 members (excludes halogenated alkanes) is 1. The summed E-state index contributed by atoms with van der Waals surface area (Å²) in [7, 11) is -0.487. The van der Waals surface area contributed by atoms with Gasteiger partial charge in [-0.05, 0) is 31.9 Å². The van der Waals surface area contributed by atoms with E-state index in [1.807, 2.05) is 0 Å². The molecule has 11 nitrogen and oxygen atoms in total. The third-order valence-electron chi connectivity index (χ3n) is 4.82. The highest BCUT2D eigenvalue weighted by Gasteiger charge is 2.42. The molecule has 0 aliphatic carbocycles. The van der Waals surface area contributed by atoms with Crippen LogP contribution >= 0.6 is 7.60 Å². The molecule has 1 atom stereocenters. The van der Waals surface area contributed by atoms with Crippen molar-refractivity contribution in [2.45, 2.75) is 32.2 Å². The highest BCUT2D eigenvalue weighted by molar-refractivity contribution is 7.55. The molecule has 0 spiro atoms. The summed E-state index contributed by atoms with van der Waals surface area (Å²) in [5.41, 5.74) is -0.973. The van der Waals surface area contributed by atoms with Gasteiger partial charge in [0, 0.05) is 44.7 Å². The second-order valence-electron chi connectivity index (χ2n) is 6.96. The molecular formula is C21H27N2O9P. The molecule has 0 bridgehead atoms. The van der Waals surface area contributed by atoms with Gasteiger partial charge in [-0.2, -0.15) is 4.57 Å². The molecule has 0 N–H and O–H groups in total. The summed E-state index contributed by atoms with van der Waals surface area (Å²) in [5, 5.41) is 0. The molecule has 1 heterocycles. The van der Waals surface area contributed by atoms with E-state index in [1.54, 1.807) is 18.2 Å². The van der Waals surface area contributed by atoms with Crippen LogP contribution in [-0.2, 0) is 34.4 Å². The normalized spacial score (nSPS) is 12.4. The van der Waals surface area contributed by atoms with Crippen LogP contribution in [0.5, 0.6) is 0 Å². The predicted octanol–water partition coefficient (Wildman–Crippen LogP) is 1.79. The van der Waals surface area contributed by atoms with Crippen molar-refractivity contribution in [1.29, 1.82) is 0 Å². The molecule has 0 aliphatic rings. The van der Waals surface area contributed by atoms with Crippen molar-refractivity contribution in [3.8, 4) is 0 Å². The number of hydrogen-bond acceptors (Lipinski definition) is 9. The third kappa shape index (κ3) is 6.14. The molecule has 0 saturated heterocycles. The van der Waals surface area contributed by atoms with Gasteiger partial charge in [-0.25, -0.2) is 9.59 Å². The molecule has 0 fully saturated rings. The lowest BCUT2D eigenvalue weighted by Crippen LogP contribution is -2.44. The van der Waals surface area contributed by atoms with Gasteiger partial charge in [0.05, 0.1) is 7.11 Å². The average Bonchev–Trinajstić information content (AvgIpc) is 2.84. The molecule has 0 amide bonds. The van der Waals surface area contributed by atoms with Crippen LogP contribution < -0.4 is 11.2 Å². The zero-order chi connectivity index (χ0) is 24.6. The van der Waals surface area contributed by atoms with Gasteiger partial charge in [0.25, 0.3) is 17.3 Å². The molecule has 2 aromatic rings. The number of benzene rings is 1. The van der Waals surface area contributed by atoms with Crippen LogP contribution in [0, 0.1) is 6.92 Å². The molecule has 0 radical (unpaired) electrons. The van der Waals surface area contributed by atoms with E-state index in [1.165, 1.54) is 29.8 Å².